The molecule has 1 amide bonds. The Morgan fingerprint density at radius 1 is 1.30 bits per heavy atom. The number of aryl methyl sites for hydroxylation is 1. The van der Waals surface area contributed by atoms with Crippen LogP contribution in [0.15, 0.2) is 18.3 Å². The summed E-state index contributed by atoms with van der Waals surface area (Å²) >= 11 is 0. The quantitative estimate of drug-likeness (QED) is 0.894. The molecule has 5 nitrogen and oxygen atoms in total. The molecule has 0 unspecified atom stereocenters. The molecule has 2 aliphatic rings. The summed E-state index contributed by atoms with van der Waals surface area (Å²) in [4.78, 5) is 33.6. The van der Waals surface area contributed by atoms with Gasteiger partial charge in [-0.25, -0.2) is 0 Å². The fourth-order valence-electron chi connectivity index (χ4n) is 4.02. The van der Waals surface area contributed by atoms with Crippen LogP contribution in [0.25, 0.3) is 0 Å². The topological polar surface area (TPSA) is 69.0 Å². The number of nitrogens with zero attached hydrogens (tertiary/aromatic N) is 1. The van der Waals surface area contributed by atoms with Crippen molar-refractivity contribution < 1.29 is 9.59 Å². The third kappa shape index (κ3) is 2.22. The Bertz CT molecular complexity index is 758. The lowest BCUT2D eigenvalue weighted by Gasteiger charge is -2.24. The summed E-state index contributed by atoms with van der Waals surface area (Å²) in [5.74, 6) is 0.184. The number of Topliss-reactive ketones (excluding diaryl/α,β-unsaturated/α-hetero) is 1. The van der Waals surface area contributed by atoms with Gasteiger partial charge in [-0.1, -0.05) is 0 Å². The maximum Gasteiger partial charge on any atom is 0.271 e. The standard InChI is InChI=1S/C18H21N3O2/c1-11-16-13(5-2-8-15(16)22)20-17(11)18(23)21-10-4-7-14(21)12-6-3-9-19-12/h3,6,9,14,19-20H,2,4-5,7-8,10H2,1H3/t14-/m1/s1. The van der Waals surface area contributed by atoms with Crippen LogP contribution in [-0.4, -0.2) is 33.1 Å². The Balaban J connectivity index is 1.68. The number of aromatic nitrogens is 2. The van der Waals surface area contributed by atoms with Gasteiger partial charge in [-0.15, -0.1) is 0 Å². The molecule has 23 heavy (non-hydrogen) atoms. The monoisotopic (exact) mass is 311 g/mol. The molecule has 1 aliphatic carbocycles. The Morgan fingerprint density at radius 2 is 2.17 bits per heavy atom. The first-order chi connectivity index (χ1) is 11.2. The van der Waals surface area contributed by atoms with Crippen LogP contribution in [0, 0.1) is 6.92 Å². The van der Waals surface area contributed by atoms with E-state index in [0.717, 1.165) is 54.7 Å². The van der Waals surface area contributed by atoms with Crippen LogP contribution in [0.1, 0.15) is 69.5 Å². The van der Waals surface area contributed by atoms with Gasteiger partial charge in [0.15, 0.2) is 5.78 Å². The van der Waals surface area contributed by atoms with E-state index in [2.05, 4.69) is 9.97 Å². The Labute approximate surface area is 135 Å². The van der Waals surface area contributed by atoms with E-state index in [1.54, 1.807) is 0 Å². The van der Waals surface area contributed by atoms with Crippen molar-refractivity contribution in [3.05, 3.63) is 46.5 Å². The highest BCUT2D eigenvalue weighted by Gasteiger charge is 2.34. The second-order valence-electron chi connectivity index (χ2n) is 6.54. The predicted octanol–water partition coefficient (Wildman–Crippen LogP) is 3.15. The first-order valence-corrected chi connectivity index (χ1v) is 8.35. The van der Waals surface area contributed by atoms with E-state index in [1.165, 1.54) is 0 Å². The Hall–Kier alpha value is -2.30. The van der Waals surface area contributed by atoms with E-state index < -0.39 is 0 Å². The van der Waals surface area contributed by atoms with Crippen molar-refractivity contribution in [2.45, 2.75) is 45.1 Å². The number of rotatable bonds is 2. The number of likely N-dealkylation sites (tertiary alicyclic amines) is 1. The van der Waals surface area contributed by atoms with Crippen molar-refractivity contribution in [1.29, 1.82) is 0 Å². The number of fused-ring (bicyclic) bond motifs is 1. The molecular weight excluding hydrogens is 290 g/mol. The number of carbonyl (C=O) groups is 2. The lowest BCUT2D eigenvalue weighted by molar-refractivity contribution is 0.0727. The minimum Gasteiger partial charge on any atom is -0.363 e. The van der Waals surface area contributed by atoms with E-state index in [1.807, 2.05) is 30.2 Å². The minimum atomic E-state index is 0.0156. The van der Waals surface area contributed by atoms with Crippen molar-refractivity contribution in [3.63, 3.8) is 0 Å². The molecule has 2 aromatic heterocycles. The smallest absolute Gasteiger partial charge is 0.271 e. The molecular formula is C18H21N3O2. The molecule has 1 aliphatic heterocycles. The predicted molar refractivity (Wildman–Crippen MR) is 86.6 cm³/mol. The zero-order valence-corrected chi connectivity index (χ0v) is 13.3. The molecule has 2 aromatic rings. The summed E-state index contributed by atoms with van der Waals surface area (Å²) < 4.78 is 0. The second-order valence-corrected chi connectivity index (χ2v) is 6.54. The minimum absolute atomic E-state index is 0.0156. The van der Waals surface area contributed by atoms with Crippen molar-refractivity contribution in [3.8, 4) is 0 Å². The maximum atomic E-state index is 13.1. The van der Waals surface area contributed by atoms with E-state index in [9.17, 15) is 9.59 Å². The fourth-order valence-corrected chi connectivity index (χ4v) is 4.02. The largest absolute Gasteiger partial charge is 0.363 e. The van der Waals surface area contributed by atoms with E-state index in [4.69, 9.17) is 0 Å². The number of amides is 1. The van der Waals surface area contributed by atoms with E-state index >= 15 is 0 Å². The van der Waals surface area contributed by atoms with Gasteiger partial charge >= 0.3 is 0 Å². The lowest BCUT2D eigenvalue weighted by Crippen LogP contribution is -2.31. The van der Waals surface area contributed by atoms with Crippen LogP contribution in [0.4, 0.5) is 0 Å². The van der Waals surface area contributed by atoms with Gasteiger partial charge in [0.05, 0.1) is 6.04 Å². The van der Waals surface area contributed by atoms with Crippen molar-refractivity contribution in [1.82, 2.24) is 14.9 Å². The number of H-pyrrole nitrogens is 2. The van der Waals surface area contributed by atoms with E-state index in [0.29, 0.717) is 12.1 Å². The summed E-state index contributed by atoms with van der Waals surface area (Å²) in [6, 6.07) is 4.10. The molecule has 0 bridgehead atoms. The van der Waals surface area contributed by atoms with Crippen LogP contribution in [0.3, 0.4) is 0 Å². The zero-order valence-electron chi connectivity index (χ0n) is 13.3. The average Bonchev–Trinajstić information content (AvgIpc) is 3.26. The van der Waals surface area contributed by atoms with Gasteiger partial charge in [-0.2, -0.15) is 0 Å². The molecule has 5 heteroatoms. The first-order valence-electron chi connectivity index (χ1n) is 8.35. The number of ketones is 1. The summed E-state index contributed by atoms with van der Waals surface area (Å²) in [6.07, 6.45) is 6.20. The average molecular weight is 311 g/mol. The van der Waals surface area contributed by atoms with Gasteiger partial charge in [0, 0.05) is 36.1 Å². The summed E-state index contributed by atoms with van der Waals surface area (Å²) in [7, 11) is 0. The van der Waals surface area contributed by atoms with Crippen LogP contribution in [0.5, 0.6) is 0 Å². The molecule has 0 saturated carbocycles. The van der Waals surface area contributed by atoms with Crippen molar-refractivity contribution >= 4 is 11.7 Å². The number of hydrogen-bond donors (Lipinski definition) is 2. The highest BCUT2D eigenvalue weighted by molar-refractivity contribution is 6.04. The van der Waals surface area contributed by atoms with Gasteiger partial charge < -0.3 is 14.9 Å². The first kappa shape index (κ1) is 14.3. The highest BCUT2D eigenvalue weighted by atomic mass is 16.2. The molecule has 2 N–H and O–H groups in total. The zero-order chi connectivity index (χ0) is 16.0. The third-order valence-corrected chi connectivity index (χ3v) is 5.15. The van der Waals surface area contributed by atoms with Crippen molar-refractivity contribution in [2.24, 2.45) is 0 Å². The molecule has 1 saturated heterocycles. The SMILES string of the molecule is Cc1c(C(=O)N2CCC[C@@H]2c2ccc[nH]2)[nH]c2c1C(=O)CCC2. The molecule has 0 aromatic carbocycles. The number of carbonyl (C=O) groups excluding carboxylic acids is 2. The molecule has 0 radical (unpaired) electrons. The molecule has 4 rings (SSSR count). The number of nitrogens with one attached hydrogen (secondary N) is 2. The Kier molecular flexibility index (Phi) is 3.36. The van der Waals surface area contributed by atoms with Gasteiger partial charge in [0.25, 0.3) is 5.91 Å². The second kappa shape index (κ2) is 5.41. The van der Waals surface area contributed by atoms with Gasteiger partial charge in [0.2, 0.25) is 0 Å². The number of hydrogen-bond acceptors (Lipinski definition) is 2. The molecule has 120 valence electrons. The van der Waals surface area contributed by atoms with Crippen LogP contribution in [-0.2, 0) is 6.42 Å². The third-order valence-electron chi connectivity index (χ3n) is 5.15. The van der Waals surface area contributed by atoms with E-state index in [-0.39, 0.29) is 17.7 Å². The van der Waals surface area contributed by atoms with Gasteiger partial charge in [-0.05, 0) is 50.3 Å². The molecule has 0 spiro atoms. The maximum absolute atomic E-state index is 13.1. The number of aromatic amines is 2. The summed E-state index contributed by atoms with van der Waals surface area (Å²) in [6.45, 7) is 2.66. The normalized spacial score (nSPS) is 20.8. The summed E-state index contributed by atoms with van der Waals surface area (Å²) in [5.41, 5.74) is 4.21. The lowest BCUT2D eigenvalue weighted by atomic mass is 9.93. The summed E-state index contributed by atoms with van der Waals surface area (Å²) in [5, 5.41) is 0. The molecule has 1 atom stereocenters. The fraction of sp³-hybridized carbons (Fsp3) is 0.444. The van der Waals surface area contributed by atoms with Crippen LogP contribution >= 0.6 is 0 Å². The molecule has 1 fully saturated rings. The molecule has 3 heterocycles. The van der Waals surface area contributed by atoms with Crippen LogP contribution < -0.4 is 0 Å². The highest BCUT2D eigenvalue weighted by Crippen LogP contribution is 2.34. The van der Waals surface area contributed by atoms with Gasteiger partial charge in [0.1, 0.15) is 5.69 Å². The van der Waals surface area contributed by atoms with Gasteiger partial charge in [-0.3, -0.25) is 9.59 Å². The van der Waals surface area contributed by atoms with Crippen molar-refractivity contribution in [2.75, 3.05) is 6.54 Å². The van der Waals surface area contributed by atoms with Crippen LogP contribution in [0.2, 0.25) is 0 Å². The Morgan fingerprint density at radius 3 is 2.91 bits per heavy atom.